The molecule has 0 spiro atoms. The number of thiazole rings is 1. The highest BCUT2D eigenvalue weighted by atomic mass is 32.1. The maximum Gasteiger partial charge on any atom is 0.0954 e. The van der Waals surface area contributed by atoms with Gasteiger partial charge in [0.1, 0.15) is 0 Å². The normalized spacial score (nSPS) is 15.2. The van der Waals surface area contributed by atoms with Crippen LogP contribution in [0.25, 0.3) is 0 Å². The second-order valence-electron chi connectivity index (χ2n) is 6.36. The van der Waals surface area contributed by atoms with Crippen molar-refractivity contribution in [3.05, 3.63) is 16.1 Å². The highest BCUT2D eigenvalue weighted by Gasteiger charge is 2.20. The van der Waals surface area contributed by atoms with Crippen LogP contribution in [-0.2, 0) is 6.54 Å². The smallest absolute Gasteiger partial charge is 0.0954 e. The van der Waals surface area contributed by atoms with Gasteiger partial charge in [-0.05, 0) is 25.7 Å². The minimum absolute atomic E-state index is 0.493. The number of rotatable bonds is 8. The fourth-order valence-corrected chi connectivity index (χ4v) is 2.65. The van der Waals surface area contributed by atoms with Crippen LogP contribution in [0.5, 0.6) is 0 Å². The highest BCUT2D eigenvalue weighted by Crippen LogP contribution is 2.19. The zero-order valence-corrected chi connectivity index (χ0v) is 13.7. The number of hydrogen-bond acceptors (Lipinski definition) is 4. The van der Waals surface area contributed by atoms with Crippen LogP contribution in [-0.4, -0.2) is 22.2 Å². The van der Waals surface area contributed by atoms with Gasteiger partial charge in [0.15, 0.2) is 0 Å². The third-order valence-electron chi connectivity index (χ3n) is 3.14. The van der Waals surface area contributed by atoms with E-state index >= 15 is 0 Å². The summed E-state index contributed by atoms with van der Waals surface area (Å²) in [7, 11) is 0. The molecule has 0 aromatic carbocycles. The quantitative estimate of drug-likeness (QED) is 0.767. The van der Waals surface area contributed by atoms with Gasteiger partial charge >= 0.3 is 0 Å². The Morgan fingerprint density at radius 3 is 2.58 bits per heavy atom. The zero-order chi connectivity index (χ0) is 14.5. The lowest BCUT2D eigenvalue weighted by Gasteiger charge is -2.24. The Kier molecular flexibility index (Phi) is 6.43. The number of hydrogen-bond donors (Lipinski definition) is 2. The first-order valence-corrected chi connectivity index (χ1v) is 8.05. The van der Waals surface area contributed by atoms with Crippen LogP contribution in [0.2, 0.25) is 0 Å². The summed E-state index contributed by atoms with van der Waals surface area (Å²) in [6, 6.07) is 0. The second kappa shape index (κ2) is 7.36. The Morgan fingerprint density at radius 2 is 2.05 bits per heavy atom. The van der Waals surface area contributed by atoms with Crippen LogP contribution in [0.1, 0.15) is 64.1 Å². The minimum atomic E-state index is -0.624. The second-order valence-corrected chi connectivity index (χ2v) is 7.25. The molecule has 110 valence electrons. The van der Waals surface area contributed by atoms with E-state index in [1.165, 1.54) is 5.01 Å². The molecule has 0 radical (unpaired) electrons. The van der Waals surface area contributed by atoms with Gasteiger partial charge in [0.2, 0.25) is 0 Å². The molecule has 4 heteroatoms. The summed E-state index contributed by atoms with van der Waals surface area (Å²) in [6.45, 7) is 12.0. The fraction of sp³-hybridized carbons (Fsp3) is 0.800. The van der Waals surface area contributed by atoms with Crippen LogP contribution in [0.4, 0.5) is 0 Å². The molecule has 0 aliphatic heterocycles. The van der Waals surface area contributed by atoms with E-state index in [0.29, 0.717) is 18.4 Å². The Balaban J connectivity index is 2.32. The van der Waals surface area contributed by atoms with Gasteiger partial charge in [-0.15, -0.1) is 11.3 Å². The average Bonchev–Trinajstić information content (AvgIpc) is 2.75. The van der Waals surface area contributed by atoms with E-state index in [2.05, 4.69) is 43.4 Å². The lowest BCUT2D eigenvalue weighted by molar-refractivity contribution is 0.0450. The number of aromatic nitrogens is 1. The maximum atomic E-state index is 10.3. The standard InChI is InChI=1S/C15H28N2OS/c1-11(2)6-7-15(5,18)10-16-8-13-9-19-14(17-13)12(3)4/h9,11-12,16,18H,6-8,10H2,1-5H3. The molecule has 0 aliphatic rings. The summed E-state index contributed by atoms with van der Waals surface area (Å²) in [6.07, 6.45) is 1.90. The van der Waals surface area contributed by atoms with Gasteiger partial charge in [0.25, 0.3) is 0 Å². The van der Waals surface area contributed by atoms with Crippen molar-refractivity contribution in [3.63, 3.8) is 0 Å². The monoisotopic (exact) mass is 284 g/mol. The average molecular weight is 284 g/mol. The van der Waals surface area contributed by atoms with Gasteiger partial charge in [-0.25, -0.2) is 4.98 Å². The van der Waals surface area contributed by atoms with Crippen molar-refractivity contribution in [1.29, 1.82) is 0 Å². The molecular weight excluding hydrogens is 256 g/mol. The lowest BCUT2D eigenvalue weighted by Crippen LogP contribution is -2.37. The van der Waals surface area contributed by atoms with Gasteiger partial charge in [0, 0.05) is 24.4 Å². The largest absolute Gasteiger partial charge is 0.389 e. The minimum Gasteiger partial charge on any atom is -0.389 e. The van der Waals surface area contributed by atoms with Gasteiger partial charge in [-0.2, -0.15) is 0 Å². The first-order valence-electron chi connectivity index (χ1n) is 7.17. The van der Waals surface area contributed by atoms with Crippen molar-refractivity contribution in [1.82, 2.24) is 10.3 Å². The van der Waals surface area contributed by atoms with E-state index in [9.17, 15) is 5.11 Å². The fourth-order valence-electron chi connectivity index (χ4n) is 1.82. The molecule has 2 N–H and O–H groups in total. The molecule has 0 bridgehead atoms. The topological polar surface area (TPSA) is 45.1 Å². The Hall–Kier alpha value is -0.450. The van der Waals surface area contributed by atoms with E-state index in [4.69, 9.17) is 0 Å². The molecule has 0 fully saturated rings. The highest BCUT2D eigenvalue weighted by molar-refractivity contribution is 7.09. The Bertz CT molecular complexity index is 372. The van der Waals surface area contributed by atoms with E-state index in [0.717, 1.165) is 25.1 Å². The molecular formula is C15H28N2OS. The molecule has 0 aliphatic carbocycles. The molecule has 0 saturated carbocycles. The molecule has 1 heterocycles. The first kappa shape index (κ1) is 16.6. The summed E-state index contributed by atoms with van der Waals surface area (Å²) < 4.78 is 0. The molecule has 0 saturated heterocycles. The van der Waals surface area contributed by atoms with Crippen LogP contribution >= 0.6 is 11.3 Å². The number of nitrogens with zero attached hydrogens (tertiary/aromatic N) is 1. The van der Waals surface area contributed by atoms with E-state index in [1.807, 2.05) is 6.92 Å². The summed E-state index contributed by atoms with van der Waals surface area (Å²) in [4.78, 5) is 4.58. The lowest BCUT2D eigenvalue weighted by atomic mass is 9.95. The molecule has 1 atom stereocenters. The summed E-state index contributed by atoms with van der Waals surface area (Å²) in [5.41, 5.74) is 0.453. The summed E-state index contributed by atoms with van der Waals surface area (Å²) in [5.74, 6) is 1.13. The molecule has 1 rings (SSSR count). The van der Waals surface area contributed by atoms with Crippen molar-refractivity contribution in [3.8, 4) is 0 Å². The van der Waals surface area contributed by atoms with Crippen molar-refractivity contribution in [2.75, 3.05) is 6.54 Å². The number of nitrogens with one attached hydrogen (secondary N) is 1. The van der Waals surface area contributed by atoms with Crippen molar-refractivity contribution < 1.29 is 5.11 Å². The van der Waals surface area contributed by atoms with Crippen LogP contribution < -0.4 is 5.32 Å². The van der Waals surface area contributed by atoms with Gasteiger partial charge in [-0.3, -0.25) is 0 Å². The maximum absolute atomic E-state index is 10.3. The predicted molar refractivity (Wildman–Crippen MR) is 82.6 cm³/mol. The third-order valence-corrected chi connectivity index (χ3v) is 4.33. The zero-order valence-electron chi connectivity index (χ0n) is 12.9. The van der Waals surface area contributed by atoms with Crippen LogP contribution in [0, 0.1) is 5.92 Å². The summed E-state index contributed by atoms with van der Waals surface area (Å²) >= 11 is 1.72. The van der Waals surface area contributed by atoms with Gasteiger partial charge in [0.05, 0.1) is 16.3 Å². The molecule has 3 nitrogen and oxygen atoms in total. The Labute approximate surface area is 121 Å². The van der Waals surface area contributed by atoms with Crippen LogP contribution in [0.15, 0.2) is 5.38 Å². The van der Waals surface area contributed by atoms with Crippen molar-refractivity contribution >= 4 is 11.3 Å². The van der Waals surface area contributed by atoms with Crippen molar-refractivity contribution in [2.24, 2.45) is 5.92 Å². The van der Waals surface area contributed by atoms with E-state index in [-0.39, 0.29) is 0 Å². The molecule has 1 unspecified atom stereocenters. The SMILES string of the molecule is CC(C)CCC(C)(O)CNCc1csc(C(C)C)n1. The van der Waals surface area contributed by atoms with Gasteiger partial charge in [-0.1, -0.05) is 27.7 Å². The first-order chi connectivity index (χ1) is 8.80. The van der Waals surface area contributed by atoms with Gasteiger partial charge < -0.3 is 10.4 Å². The molecule has 19 heavy (non-hydrogen) atoms. The molecule has 1 aromatic rings. The van der Waals surface area contributed by atoms with E-state index in [1.54, 1.807) is 11.3 Å². The third kappa shape index (κ3) is 6.50. The van der Waals surface area contributed by atoms with Crippen LogP contribution in [0.3, 0.4) is 0 Å². The Morgan fingerprint density at radius 1 is 1.37 bits per heavy atom. The number of aliphatic hydroxyl groups is 1. The molecule has 1 aromatic heterocycles. The molecule has 0 amide bonds. The predicted octanol–water partition coefficient (Wildman–Crippen LogP) is 3.54. The summed E-state index contributed by atoms with van der Waals surface area (Å²) in [5, 5.41) is 16.9. The van der Waals surface area contributed by atoms with Crippen molar-refractivity contribution in [2.45, 2.75) is 65.5 Å². The van der Waals surface area contributed by atoms with E-state index < -0.39 is 5.60 Å².